The van der Waals surface area contributed by atoms with Crippen LogP contribution in [0.5, 0.6) is 0 Å². The van der Waals surface area contributed by atoms with Gasteiger partial charge in [0.05, 0.1) is 17.1 Å². The van der Waals surface area contributed by atoms with Gasteiger partial charge in [0.2, 0.25) is 0 Å². The number of amides is 1. The number of carbonyl (C=O) groups excluding carboxylic acids is 1. The first-order valence-corrected chi connectivity index (χ1v) is 6.55. The Morgan fingerprint density at radius 1 is 1.53 bits per heavy atom. The molecule has 0 spiro atoms. The van der Waals surface area contributed by atoms with E-state index < -0.39 is 0 Å². The summed E-state index contributed by atoms with van der Waals surface area (Å²) in [5.74, 6) is -0.0832. The van der Waals surface area contributed by atoms with Gasteiger partial charge in [-0.3, -0.25) is 4.79 Å². The summed E-state index contributed by atoms with van der Waals surface area (Å²) >= 11 is 1.64. The topological polar surface area (TPSA) is 44.7 Å². The van der Waals surface area contributed by atoms with E-state index in [-0.39, 0.29) is 5.91 Å². The van der Waals surface area contributed by atoms with Crippen molar-refractivity contribution in [2.75, 3.05) is 20.6 Å². The van der Waals surface area contributed by atoms with Crippen LogP contribution < -0.4 is 5.43 Å². The highest BCUT2D eigenvalue weighted by atomic mass is 32.1. The molecule has 1 amide bonds. The second kappa shape index (κ2) is 7.19. The van der Waals surface area contributed by atoms with Crippen molar-refractivity contribution in [3.8, 4) is 0 Å². The Labute approximate surface area is 106 Å². The molecule has 17 heavy (non-hydrogen) atoms. The lowest BCUT2D eigenvalue weighted by Crippen LogP contribution is -2.30. The van der Waals surface area contributed by atoms with Crippen molar-refractivity contribution >= 4 is 23.0 Å². The lowest BCUT2D eigenvalue weighted by Gasteiger charge is -2.08. The van der Waals surface area contributed by atoms with E-state index in [1.54, 1.807) is 11.3 Å². The van der Waals surface area contributed by atoms with Crippen LogP contribution in [0.1, 0.15) is 24.6 Å². The number of hydrogen-bond acceptors (Lipinski definition) is 4. The maximum atomic E-state index is 11.5. The van der Waals surface area contributed by atoms with Gasteiger partial charge in [-0.15, -0.1) is 11.3 Å². The average Bonchev–Trinajstić information content (AvgIpc) is 2.76. The molecule has 1 heterocycles. The lowest BCUT2D eigenvalue weighted by atomic mass is 10.2. The van der Waals surface area contributed by atoms with E-state index in [1.165, 1.54) is 0 Å². The fourth-order valence-corrected chi connectivity index (χ4v) is 2.11. The molecule has 1 N–H and O–H groups in total. The van der Waals surface area contributed by atoms with Crippen LogP contribution in [0.4, 0.5) is 0 Å². The summed E-state index contributed by atoms with van der Waals surface area (Å²) in [7, 11) is 3.71. The molecule has 94 valence electrons. The molecule has 1 aromatic heterocycles. The number of rotatable bonds is 6. The molecule has 0 radical (unpaired) electrons. The van der Waals surface area contributed by atoms with Crippen molar-refractivity contribution in [2.24, 2.45) is 5.10 Å². The summed E-state index contributed by atoms with van der Waals surface area (Å²) in [6, 6.07) is 4.02. The number of thiophene rings is 1. The van der Waals surface area contributed by atoms with E-state index in [0.29, 0.717) is 6.54 Å². The van der Waals surface area contributed by atoms with E-state index in [0.717, 1.165) is 23.4 Å². The summed E-state index contributed by atoms with van der Waals surface area (Å²) in [5.41, 5.74) is 3.55. The van der Waals surface area contributed by atoms with Gasteiger partial charge in [-0.1, -0.05) is 19.4 Å². The van der Waals surface area contributed by atoms with Crippen LogP contribution in [-0.4, -0.2) is 37.2 Å². The van der Waals surface area contributed by atoms with E-state index in [2.05, 4.69) is 17.5 Å². The molecule has 0 bridgehead atoms. The summed E-state index contributed by atoms with van der Waals surface area (Å²) in [5, 5.41) is 6.23. The molecule has 0 unspecified atom stereocenters. The summed E-state index contributed by atoms with van der Waals surface area (Å²) < 4.78 is 0. The Bertz CT molecular complexity index is 371. The molecule has 0 saturated heterocycles. The molecule has 0 fully saturated rings. The van der Waals surface area contributed by atoms with Gasteiger partial charge < -0.3 is 4.90 Å². The molecule has 0 aromatic carbocycles. The second-order valence-electron chi connectivity index (χ2n) is 4.06. The van der Waals surface area contributed by atoms with Crippen LogP contribution in [-0.2, 0) is 4.79 Å². The summed E-state index contributed by atoms with van der Waals surface area (Å²) in [4.78, 5) is 14.4. The molecular formula is C12H19N3OS. The Hall–Kier alpha value is -1.20. The first kappa shape index (κ1) is 13.9. The van der Waals surface area contributed by atoms with Crippen molar-refractivity contribution in [1.29, 1.82) is 0 Å². The van der Waals surface area contributed by atoms with Gasteiger partial charge in [0, 0.05) is 0 Å². The maximum Gasteiger partial charge on any atom is 0.254 e. The van der Waals surface area contributed by atoms with Crippen LogP contribution in [0.15, 0.2) is 22.6 Å². The van der Waals surface area contributed by atoms with Crippen molar-refractivity contribution in [3.63, 3.8) is 0 Å². The van der Waals surface area contributed by atoms with Crippen LogP contribution in [0, 0.1) is 0 Å². The minimum Gasteiger partial charge on any atom is -0.301 e. The van der Waals surface area contributed by atoms with Gasteiger partial charge in [-0.05, 0) is 32.0 Å². The SMILES string of the molecule is CCC/C(=N\NC(=O)CN(C)C)c1cccs1. The predicted octanol–water partition coefficient (Wildman–Crippen LogP) is 1.93. The number of hydrogen-bond donors (Lipinski definition) is 1. The summed E-state index contributed by atoms with van der Waals surface area (Å²) in [6.07, 6.45) is 1.89. The third-order valence-corrected chi connectivity index (χ3v) is 2.99. The van der Waals surface area contributed by atoms with Crippen molar-refractivity contribution < 1.29 is 4.79 Å². The van der Waals surface area contributed by atoms with Crippen molar-refractivity contribution in [1.82, 2.24) is 10.3 Å². The molecule has 0 aliphatic carbocycles. The molecule has 0 atom stereocenters. The monoisotopic (exact) mass is 253 g/mol. The van der Waals surface area contributed by atoms with Gasteiger partial charge >= 0.3 is 0 Å². The normalized spacial score (nSPS) is 11.9. The van der Waals surface area contributed by atoms with Crippen molar-refractivity contribution in [3.05, 3.63) is 22.4 Å². The number of likely N-dealkylation sites (N-methyl/N-ethyl adjacent to an activating group) is 1. The predicted molar refractivity (Wildman–Crippen MR) is 72.5 cm³/mol. The van der Waals surface area contributed by atoms with E-state index >= 15 is 0 Å². The fraction of sp³-hybridized carbons (Fsp3) is 0.500. The van der Waals surface area contributed by atoms with Gasteiger partial charge in [-0.25, -0.2) is 5.43 Å². The van der Waals surface area contributed by atoms with E-state index in [4.69, 9.17) is 0 Å². The highest BCUT2D eigenvalue weighted by Gasteiger charge is 2.06. The molecule has 5 heteroatoms. The fourth-order valence-electron chi connectivity index (χ4n) is 1.37. The van der Waals surface area contributed by atoms with E-state index in [1.807, 2.05) is 36.5 Å². The molecular weight excluding hydrogens is 234 g/mol. The van der Waals surface area contributed by atoms with Crippen LogP contribution in [0.25, 0.3) is 0 Å². The lowest BCUT2D eigenvalue weighted by molar-refractivity contribution is -0.121. The maximum absolute atomic E-state index is 11.5. The van der Waals surface area contributed by atoms with Gasteiger partial charge in [0.15, 0.2) is 0 Å². The molecule has 0 aliphatic rings. The third-order valence-electron chi connectivity index (χ3n) is 2.07. The highest BCUT2D eigenvalue weighted by Crippen LogP contribution is 2.12. The standard InChI is InChI=1S/C12H19N3OS/c1-4-6-10(11-7-5-8-17-11)13-14-12(16)9-15(2)3/h5,7-8H,4,6,9H2,1-3H3,(H,14,16)/b13-10+. The zero-order chi connectivity index (χ0) is 12.7. The molecule has 1 aromatic rings. The van der Waals surface area contributed by atoms with Crippen LogP contribution in [0.2, 0.25) is 0 Å². The molecule has 4 nitrogen and oxygen atoms in total. The minimum absolute atomic E-state index is 0.0832. The van der Waals surface area contributed by atoms with Crippen LogP contribution in [0.3, 0.4) is 0 Å². The number of nitrogens with zero attached hydrogens (tertiary/aromatic N) is 2. The van der Waals surface area contributed by atoms with Crippen molar-refractivity contribution in [2.45, 2.75) is 19.8 Å². The van der Waals surface area contributed by atoms with Gasteiger partial charge in [0.1, 0.15) is 0 Å². The minimum atomic E-state index is -0.0832. The zero-order valence-corrected chi connectivity index (χ0v) is 11.4. The number of nitrogens with one attached hydrogen (secondary N) is 1. The second-order valence-corrected chi connectivity index (χ2v) is 5.01. The zero-order valence-electron chi connectivity index (χ0n) is 10.6. The summed E-state index contributed by atoms with van der Waals surface area (Å²) in [6.45, 7) is 2.46. The Morgan fingerprint density at radius 2 is 2.29 bits per heavy atom. The first-order valence-electron chi connectivity index (χ1n) is 5.67. The molecule has 0 saturated carbocycles. The number of hydrazone groups is 1. The first-order chi connectivity index (χ1) is 8.13. The molecule has 1 rings (SSSR count). The number of carbonyl (C=O) groups is 1. The smallest absolute Gasteiger partial charge is 0.254 e. The largest absolute Gasteiger partial charge is 0.301 e. The van der Waals surface area contributed by atoms with Gasteiger partial charge in [0.25, 0.3) is 5.91 Å². The quantitative estimate of drug-likeness (QED) is 0.622. The van der Waals surface area contributed by atoms with Crippen LogP contribution >= 0.6 is 11.3 Å². The Balaban J connectivity index is 2.62. The third kappa shape index (κ3) is 5.10. The average molecular weight is 253 g/mol. The van der Waals surface area contributed by atoms with Gasteiger partial charge in [-0.2, -0.15) is 5.10 Å². The Kier molecular flexibility index (Phi) is 5.86. The highest BCUT2D eigenvalue weighted by molar-refractivity contribution is 7.12. The molecule has 0 aliphatic heterocycles. The Morgan fingerprint density at radius 3 is 2.82 bits per heavy atom. The van der Waals surface area contributed by atoms with E-state index in [9.17, 15) is 4.79 Å².